The van der Waals surface area contributed by atoms with Crippen molar-refractivity contribution < 1.29 is 9.90 Å². The summed E-state index contributed by atoms with van der Waals surface area (Å²) in [5.74, 6) is -0.195. The molecule has 6 heteroatoms. The van der Waals surface area contributed by atoms with Gasteiger partial charge in [0.25, 0.3) is 5.91 Å². The summed E-state index contributed by atoms with van der Waals surface area (Å²) in [5.41, 5.74) is 0.405. The third-order valence-electron chi connectivity index (χ3n) is 1.93. The number of aliphatic hydroxyl groups is 1. The smallest absolute Gasteiger partial charge is 0.256 e. The molecule has 0 unspecified atom stereocenters. The van der Waals surface area contributed by atoms with Crippen molar-refractivity contribution in [1.82, 2.24) is 4.90 Å². The molecule has 1 amide bonds. The van der Waals surface area contributed by atoms with Crippen LogP contribution < -0.4 is 0 Å². The Morgan fingerprint density at radius 1 is 1.60 bits per heavy atom. The number of aliphatic hydroxyl groups excluding tert-OH is 1. The van der Waals surface area contributed by atoms with E-state index in [-0.39, 0.29) is 12.5 Å². The minimum Gasteiger partial charge on any atom is -0.395 e. The molecule has 0 saturated carbocycles. The molecular weight excluding hydrogens is 257 g/mol. The van der Waals surface area contributed by atoms with Crippen molar-refractivity contribution in [3.8, 4) is 0 Å². The number of amides is 1. The number of rotatable bonds is 4. The Hall–Kier alpha value is -0.290. The lowest BCUT2D eigenvalue weighted by molar-refractivity contribution is 0.0732. The van der Waals surface area contributed by atoms with Gasteiger partial charge in [0.15, 0.2) is 0 Å². The third kappa shape index (κ3) is 3.08. The van der Waals surface area contributed by atoms with Gasteiger partial charge in [-0.3, -0.25) is 4.79 Å². The zero-order chi connectivity index (χ0) is 11.4. The summed E-state index contributed by atoms with van der Waals surface area (Å²) >= 11 is 12.8. The first-order valence-electron chi connectivity index (χ1n) is 4.45. The van der Waals surface area contributed by atoms with Crippen LogP contribution in [-0.2, 0) is 0 Å². The van der Waals surface area contributed by atoms with E-state index in [0.717, 1.165) is 11.3 Å². The van der Waals surface area contributed by atoms with Crippen molar-refractivity contribution in [3.05, 3.63) is 20.3 Å². The number of thiophene rings is 1. The lowest BCUT2D eigenvalue weighted by Crippen LogP contribution is -2.33. The number of likely N-dealkylation sites (N-methyl/N-ethyl adjacent to an activating group) is 1. The molecule has 0 bridgehead atoms. The van der Waals surface area contributed by atoms with Crippen molar-refractivity contribution in [3.63, 3.8) is 0 Å². The minimum absolute atomic E-state index is 0.0604. The molecule has 0 fully saturated rings. The van der Waals surface area contributed by atoms with Crippen LogP contribution in [0.25, 0.3) is 0 Å². The molecular formula is C9H11Cl2NO2S. The number of carbonyl (C=O) groups excluding carboxylic acids is 1. The van der Waals surface area contributed by atoms with Crippen LogP contribution in [0.1, 0.15) is 17.3 Å². The van der Waals surface area contributed by atoms with Crippen molar-refractivity contribution in [1.29, 1.82) is 0 Å². The molecule has 0 saturated heterocycles. The maximum atomic E-state index is 11.9. The summed E-state index contributed by atoms with van der Waals surface area (Å²) in [6.45, 7) is 2.62. The normalized spacial score (nSPS) is 10.4. The first-order valence-corrected chi connectivity index (χ1v) is 6.02. The first-order chi connectivity index (χ1) is 7.10. The second-order valence-electron chi connectivity index (χ2n) is 2.85. The Morgan fingerprint density at radius 3 is 2.67 bits per heavy atom. The van der Waals surface area contributed by atoms with E-state index in [1.807, 2.05) is 6.92 Å². The quantitative estimate of drug-likeness (QED) is 0.911. The van der Waals surface area contributed by atoms with Crippen molar-refractivity contribution >= 4 is 40.4 Å². The molecule has 0 spiro atoms. The van der Waals surface area contributed by atoms with Crippen LogP contribution in [0.4, 0.5) is 0 Å². The van der Waals surface area contributed by atoms with Crippen LogP contribution >= 0.6 is 34.5 Å². The largest absolute Gasteiger partial charge is 0.395 e. The number of halogens is 2. The molecule has 0 aliphatic rings. The number of nitrogens with zero attached hydrogens (tertiary/aromatic N) is 1. The van der Waals surface area contributed by atoms with Gasteiger partial charge in [0.05, 0.1) is 16.5 Å². The van der Waals surface area contributed by atoms with Gasteiger partial charge in [0, 0.05) is 13.1 Å². The van der Waals surface area contributed by atoms with E-state index >= 15 is 0 Å². The lowest BCUT2D eigenvalue weighted by atomic mass is 10.3. The van der Waals surface area contributed by atoms with Crippen molar-refractivity contribution in [2.24, 2.45) is 0 Å². The van der Waals surface area contributed by atoms with Gasteiger partial charge in [-0.1, -0.05) is 23.2 Å². The van der Waals surface area contributed by atoms with Crippen molar-refractivity contribution in [2.45, 2.75) is 6.92 Å². The highest BCUT2D eigenvalue weighted by Crippen LogP contribution is 2.31. The SMILES string of the molecule is CCN(CCO)C(=O)c1cc(Cl)sc1Cl. The second kappa shape index (κ2) is 5.70. The van der Waals surface area contributed by atoms with E-state index in [0.29, 0.717) is 27.3 Å². The van der Waals surface area contributed by atoms with Crippen LogP contribution in [-0.4, -0.2) is 35.6 Å². The predicted octanol–water partition coefficient (Wildman–Crippen LogP) is 2.51. The van der Waals surface area contributed by atoms with E-state index in [2.05, 4.69) is 0 Å². The van der Waals surface area contributed by atoms with Crippen LogP contribution in [0.15, 0.2) is 6.07 Å². The molecule has 0 atom stereocenters. The monoisotopic (exact) mass is 267 g/mol. The number of hydrogen-bond acceptors (Lipinski definition) is 3. The zero-order valence-corrected chi connectivity index (χ0v) is 10.5. The molecule has 1 aromatic heterocycles. The van der Waals surface area contributed by atoms with Gasteiger partial charge >= 0.3 is 0 Å². The molecule has 0 aliphatic carbocycles. The van der Waals surface area contributed by atoms with E-state index in [9.17, 15) is 4.79 Å². The average molecular weight is 268 g/mol. The standard InChI is InChI=1S/C9H11Cl2NO2S/c1-2-12(3-4-13)9(14)6-5-7(10)15-8(6)11/h5,13H,2-4H2,1H3. The van der Waals surface area contributed by atoms with Crippen LogP contribution in [0.2, 0.25) is 8.67 Å². The summed E-state index contributed by atoms with van der Waals surface area (Å²) in [4.78, 5) is 13.4. The summed E-state index contributed by atoms with van der Waals surface area (Å²) in [6, 6.07) is 1.55. The molecule has 1 aromatic rings. The highest BCUT2D eigenvalue weighted by atomic mass is 35.5. The van der Waals surface area contributed by atoms with Crippen LogP contribution in [0, 0.1) is 0 Å². The molecule has 1 N–H and O–H groups in total. The molecule has 1 heterocycles. The Morgan fingerprint density at radius 2 is 2.27 bits per heavy atom. The van der Waals surface area contributed by atoms with E-state index in [4.69, 9.17) is 28.3 Å². The Kier molecular flexibility index (Phi) is 4.86. The Balaban J connectivity index is 2.87. The highest BCUT2D eigenvalue weighted by Gasteiger charge is 2.19. The second-order valence-corrected chi connectivity index (χ2v) is 5.13. The Labute approximate surface area is 102 Å². The van der Waals surface area contributed by atoms with Gasteiger partial charge in [0.2, 0.25) is 0 Å². The van der Waals surface area contributed by atoms with E-state index < -0.39 is 0 Å². The maximum Gasteiger partial charge on any atom is 0.256 e. The topological polar surface area (TPSA) is 40.5 Å². The summed E-state index contributed by atoms with van der Waals surface area (Å²) in [5, 5.41) is 8.79. The summed E-state index contributed by atoms with van der Waals surface area (Å²) in [7, 11) is 0. The molecule has 15 heavy (non-hydrogen) atoms. The zero-order valence-electron chi connectivity index (χ0n) is 8.17. The van der Waals surface area contributed by atoms with E-state index in [1.54, 1.807) is 6.07 Å². The number of hydrogen-bond donors (Lipinski definition) is 1. The lowest BCUT2D eigenvalue weighted by Gasteiger charge is -2.18. The fourth-order valence-electron chi connectivity index (χ4n) is 1.18. The van der Waals surface area contributed by atoms with Crippen molar-refractivity contribution in [2.75, 3.05) is 19.7 Å². The molecule has 1 rings (SSSR count). The molecule has 0 aromatic carbocycles. The maximum absolute atomic E-state index is 11.9. The predicted molar refractivity (Wildman–Crippen MR) is 63.0 cm³/mol. The summed E-state index contributed by atoms with van der Waals surface area (Å²) in [6.07, 6.45) is 0. The van der Waals surface area contributed by atoms with Gasteiger partial charge < -0.3 is 10.0 Å². The van der Waals surface area contributed by atoms with Gasteiger partial charge in [-0.2, -0.15) is 0 Å². The average Bonchev–Trinajstić information content (AvgIpc) is 2.53. The highest BCUT2D eigenvalue weighted by molar-refractivity contribution is 7.20. The summed E-state index contributed by atoms with van der Waals surface area (Å²) < 4.78 is 0.879. The van der Waals surface area contributed by atoms with Gasteiger partial charge in [-0.15, -0.1) is 11.3 Å². The Bertz CT molecular complexity index is 354. The fraction of sp³-hybridized carbons (Fsp3) is 0.444. The minimum atomic E-state index is -0.195. The molecule has 0 aliphatic heterocycles. The van der Waals surface area contributed by atoms with E-state index in [1.165, 1.54) is 4.90 Å². The third-order valence-corrected chi connectivity index (χ3v) is 3.41. The molecule has 3 nitrogen and oxygen atoms in total. The molecule has 84 valence electrons. The van der Waals surface area contributed by atoms with Crippen LogP contribution in [0.3, 0.4) is 0 Å². The first kappa shape index (κ1) is 12.8. The molecule has 0 radical (unpaired) electrons. The van der Waals surface area contributed by atoms with Gasteiger partial charge in [-0.05, 0) is 13.0 Å². The van der Waals surface area contributed by atoms with Gasteiger partial charge in [-0.25, -0.2) is 0 Å². The van der Waals surface area contributed by atoms with Gasteiger partial charge in [0.1, 0.15) is 4.34 Å². The number of carbonyl (C=O) groups is 1. The fourth-order valence-corrected chi connectivity index (χ4v) is 2.63. The van der Waals surface area contributed by atoms with Crippen LogP contribution in [0.5, 0.6) is 0 Å².